The van der Waals surface area contributed by atoms with Crippen LogP contribution in [0.15, 0.2) is 29.6 Å². The van der Waals surface area contributed by atoms with Gasteiger partial charge in [-0.05, 0) is 24.6 Å². The number of hydrogen-bond donors (Lipinski definition) is 1. The lowest BCUT2D eigenvalue weighted by molar-refractivity contribution is -0.268. The third kappa shape index (κ3) is 4.18. The van der Waals surface area contributed by atoms with E-state index < -0.39 is 41.0 Å². The summed E-state index contributed by atoms with van der Waals surface area (Å²) in [5, 5.41) is 11.2. The van der Waals surface area contributed by atoms with Crippen LogP contribution in [0.25, 0.3) is 0 Å². The minimum Gasteiger partial charge on any atom is -0.374 e. The molecule has 0 unspecified atom stereocenters. The van der Waals surface area contributed by atoms with E-state index in [1.807, 2.05) is 0 Å². The molecule has 0 aliphatic carbocycles. The van der Waals surface area contributed by atoms with Crippen LogP contribution in [0.3, 0.4) is 0 Å². The van der Waals surface area contributed by atoms with Crippen LogP contribution in [0.5, 0.6) is 0 Å². The van der Waals surface area contributed by atoms with Gasteiger partial charge in [-0.1, -0.05) is 12.1 Å². The zero-order valence-electron chi connectivity index (χ0n) is 14.9. The summed E-state index contributed by atoms with van der Waals surface area (Å²) in [5.74, 6) is -1.29. The van der Waals surface area contributed by atoms with Gasteiger partial charge in [0, 0.05) is 17.6 Å². The first-order valence-electron chi connectivity index (χ1n) is 8.47. The molecule has 1 aromatic heterocycles. The molecular weight excluding hydrogens is 400 g/mol. The van der Waals surface area contributed by atoms with Crippen LogP contribution in [-0.4, -0.2) is 46.8 Å². The number of halogens is 4. The fourth-order valence-corrected chi connectivity index (χ4v) is 3.84. The number of aromatic nitrogens is 1. The smallest absolute Gasteiger partial charge is 0.374 e. The van der Waals surface area contributed by atoms with E-state index in [4.69, 9.17) is 4.74 Å². The molecular formula is C18H18F4N2O3S. The zero-order chi connectivity index (χ0) is 20.5. The van der Waals surface area contributed by atoms with Crippen molar-refractivity contribution in [2.24, 2.45) is 0 Å². The van der Waals surface area contributed by atoms with Crippen molar-refractivity contribution >= 4 is 17.2 Å². The molecule has 0 radical (unpaired) electrons. The van der Waals surface area contributed by atoms with E-state index in [2.05, 4.69) is 4.98 Å². The number of aryl methyl sites for hydroxylation is 1. The summed E-state index contributed by atoms with van der Waals surface area (Å²) in [6, 6.07) is 5.48. The summed E-state index contributed by atoms with van der Waals surface area (Å²) in [6.07, 6.45) is -6.81. The average Bonchev–Trinajstić information content (AvgIpc) is 3.08. The zero-order valence-corrected chi connectivity index (χ0v) is 15.7. The fourth-order valence-electron chi connectivity index (χ4n) is 2.93. The van der Waals surface area contributed by atoms with Gasteiger partial charge in [-0.15, -0.1) is 11.3 Å². The number of benzene rings is 1. The van der Waals surface area contributed by atoms with E-state index in [-0.39, 0.29) is 19.7 Å². The Morgan fingerprint density at radius 1 is 1.36 bits per heavy atom. The van der Waals surface area contributed by atoms with Gasteiger partial charge in [-0.25, -0.2) is 9.37 Å². The first-order chi connectivity index (χ1) is 13.1. The van der Waals surface area contributed by atoms with Gasteiger partial charge in [0.05, 0.1) is 19.6 Å². The largest absolute Gasteiger partial charge is 0.424 e. The van der Waals surface area contributed by atoms with Crippen molar-refractivity contribution in [1.82, 2.24) is 9.88 Å². The van der Waals surface area contributed by atoms with Gasteiger partial charge in [-0.3, -0.25) is 4.79 Å². The third-order valence-corrected chi connectivity index (χ3v) is 5.62. The van der Waals surface area contributed by atoms with Crippen molar-refractivity contribution in [2.45, 2.75) is 31.2 Å². The number of rotatable bonds is 4. The third-order valence-electron chi connectivity index (χ3n) is 4.51. The lowest BCUT2D eigenvalue weighted by Gasteiger charge is -2.35. The van der Waals surface area contributed by atoms with E-state index in [0.29, 0.717) is 22.6 Å². The van der Waals surface area contributed by atoms with Crippen molar-refractivity contribution in [3.05, 3.63) is 51.7 Å². The highest BCUT2D eigenvalue weighted by atomic mass is 32.1. The number of aliphatic hydroxyl groups is 1. The van der Waals surface area contributed by atoms with Crippen molar-refractivity contribution in [3.8, 4) is 0 Å². The number of ether oxygens (including phenoxy) is 1. The quantitative estimate of drug-likeness (QED) is 0.774. The molecule has 0 saturated carbocycles. The molecule has 1 amide bonds. The van der Waals surface area contributed by atoms with Crippen LogP contribution in [0.2, 0.25) is 0 Å². The topological polar surface area (TPSA) is 62.7 Å². The van der Waals surface area contributed by atoms with Crippen molar-refractivity contribution < 1.29 is 32.2 Å². The highest BCUT2D eigenvalue weighted by Crippen LogP contribution is 2.43. The SMILES string of the molecule is Cc1csc([C@](O)(CC(=O)N2CCO[C@H](c3ccc(F)cc3)C2)C(F)(F)F)n1. The second-order valence-corrected chi connectivity index (χ2v) is 7.44. The van der Waals surface area contributed by atoms with Crippen LogP contribution >= 0.6 is 11.3 Å². The molecule has 1 aliphatic rings. The second kappa shape index (κ2) is 7.76. The molecule has 5 nitrogen and oxygen atoms in total. The fraction of sp³-hybridized carbons (Fsp3) is 0.444. The summed E-state index contributed by atoms with van der Waals surface area (Å²) in [4.78, 5) is 17.6. The summed E-state index contributed by atoms with van der Waals surface area (Å²) in [5.41, 5.74) is -2.41. The number of carbonyl (C=O) groups excluding carboxylic acids is 1. The molecule has 1 aromatic carbocycles. The minimum absolute atomic E-state index is 0.00923. The maximum Gasteiger partial charge on any atom is 0.424 e. The van der Waals surface area contributed by atoms with Gasteiger partial charge in [0.15, 0.2) is 0 Å². The lowest BCUT2D eigenvalue weighted by Crippen LogP contribution is -2.49. The maximum atomic E-state index is 13.6. The number of nitrogens with zero attached hydrogens (tertiary/aromatic N) is 2. The van der Waals surface area contributed by atoms with E-state index in [1.54, 1.807) is 0 Å². The summed E-state index contributed by atoms with van der Waals surface area (Å²) < 4.78 is 59.4. The molecule has 1 N–H and O–H groups in total. The van der Waals surface area contributed by atoms with Gasteiger partial charge in [0.2, 0.25) is 11.5 Å². The Kier molecular flexibility index (Phi) is 5.74. The molecule has 2 atom stereocenters. The molecule has 0 bridgehead atoms. The number of thiazole rings is 1. The van der Waals surface area contributed by atoms with Crippen LogP contribution in [0, 0.1) is 12.7 Å². The predicted octanol–water partition coefficient (Wildman–Crippen LogP) is 3.33. The standard InChI is InChI=1S/C18H18F4N2O3S/c1-11-10-28-16(23-11)17(26,18(20,21)22)8-15(25)24-6-7-27-14(9-24)12-2-4-13(19)5-3-12/h2-5,10,14,26H,6-9H2,1H3/t14-,17+/m0/s1. The minimum atomic E-state index is -5.06. The van der Waals surface area contributed by atoms with E-state index in [9.17, 15) is 27.5 Å². The molecule has 1 saturated heterocycles. The number of morpholine rings is 1. The Bertz CT molecular complexity index is 840. The molecule has 1 fully saturated rings. The number of alkyl halides is 3. The predicted molar refractivity (Wildman–Crippen MR) is 93.1 cm³/mol. The normalized spacial score (nSPS) is 20.1. The number of hydrogen-bond acceptors (Lipinski definition) is 5. The first-order valence-corrected chi connectivity index (χ1v) is 9.34. The average molecular weight is 418 g/mol. The second-order valence-electron chi connectivity index (χ2n) is 6.58. The summed E-state index contributed by atoms with van der Waals surface area (Å²) >= 11 is 0.659. The van der Waals surface area contributed by atoms with Crippen LogP contribution in [0.4, 0.5) is 17.6 Å². The highest BCUT2D eigenvalue weighted by Gasteiger charge is 2.58. The maximum absolute atomic E-state index is 13.6. The summed E-state index contributed by atoms with van der Waals surface area (Å²) in [7, 11) is 0. The van der Waals surface area contributed by atoms with Crippen LogP contribution < -0.4 is 0 Å². The van der Waals surface area contributed by atoms with Crippen molar-refractivity contribution in [2.75, 3.05) is 19.7 Å². The number of amides is 1. The number of carbonyl (C=O) groups is 1. The molecule has 10 heteroatoms. The Balaban J connectivity index is 1.77. The van der Waals surface area contributed by atoms with Gasteiger partial charge in [0.1, 0.15) is 16.9 Å². The van der Waals surface area contributed by atoms with E-state index >= 15 is 0 Å². The Morgan fingerprint density at radius 3 is 2.61 bits per heavy atom. The Labute approximate surface area is 162 Å². The van der Waals surface area contributed by atoms with Gasteiger partial charge in [-0.2, -0.15) is 13.2 Å². The molecule has 3 rings (SSSR count). The molecule has 1 aliphatic heterocycles. The Morgan fingerprint density at radius 2 is 2.04 bits per heavy atom. The monoisotopic (exact) mass is 418 g/mol. The van der Waals surface area contributed by atoms with Crippen molar-refractivity contribution in [1.29, 1.82) is 0 Å². The van der Waals surface area contributed by atoms with Crippen molar-refractivity contribution in [3.63, 3.8) is 0 Å². The first kappa shape index (κ1) is 20.7. The molecule has 2 aromatic rings. The summed E-state index contributed by atoms with van der Waals surface area (Å²) in [6.45, 7) is 1.74. The molecule has 0 spiro atoms. The lowest BCUT2D eigenvalue weighted by atomic mass is 9.98. The molecule has 2 heterocycles. The van der Waals surface area contributed by atoms with E-state index in [0.717, 1.165) is 0 Å². The van der Waals surface area contributed by atoms with E-state index in [1.165, 1.54) is 41.5 Å². The molecule has 152 valence electrons. The van der Waals surface area contributed by atoms with Crippen LogP contribution in [-0.2, 0) is 15.1 Å². The van der Waals surface area contributed by atoms with Crippen LogP contribution in [0.1, 0.15) is 28.8 Å². The molecule has 28 heavy (non-hydrogen) atoms. The van der Waals surface area contributed by atoms with Gasteiger partial charge < -0.3 is 14.7 Å². The van der Waals surface area contributed by atoms with Gasteiger partial charge in [0.25, 0.3) is 0 Å². The Hall–Kier alpha value is -2.04. The highest BCUT2D eigenvalue weighted by molar-refractivity contribution is 7.09. The van der Waals surface area contributed by atoms with Gasteiger partial charge >= 0.3 is 6.18 Å².